The number of nitrogens with one attached hydrogen (secondary N) is 1. The molecule has 1 rings (SSSR count). The Morgan fingerprint density at radius 2 is 2.00 bits per heavy atom. The van der Waals surface area contributed by atoms with Gasteiger partial charge in [-0.25, -0.2) is 13.1 Å². The van der Waals surface area contributed by atoms with E-state index in [0.717, 1.165) is 5.69 Å². The van der Waals surface area contributed by atoms with Gasteiger partial charge in [0.2, 0.25) is 10.0 Å². The molecule has 0 saturated heterocycles. The Balaban J connectivity index is 2.66. The molecule has 0 aliphatic carbocycles. The smallest absolute Gasteiger partial charge is 0.212 e. The topological polar surface area (TPSA) is 79.3 Å². The molecule has 2 N–H and O–H groups in total. The molecule has 0 saturated carbocycles. The Morgan fingerprint density at radius 3 is 2.47 bits per heavy atom. The van der Waals surface area contributed by atoms with Gasteiger partial charge in [0.1, 0.15) is 0 Å². The molecule has 0 aliphatic rings. The maximum atomic E-state index is 12.0. The van der Waals surface area contributed by atoms with Gasteiger partial charge < -0.3 is 5.11 Å². The number of aromatic nitrogens is 1. The van der Waals surface area contributed by atoms with Crippen molar-refractivity contribution in [2.75, 3.05) is 12.4 Å². The van der Waals surface area contributed by atoms with Crippen LogP contribution in [0, 0.1) is 0 Å². The third-order valence-corrected chi connectivity index (χ3v) is 4.87. The summed E-state index contributed by atoms with van der Waals surface area (Å²) in [6, 6.07) is 5.42. The molecule has 0 aromatic carbocycles. The number of sulfonamides is 1. The summed E-state index contributed by atoms with van der Waals surface area (Å²) in [6.45, 7) is 3.53. The number of nitrogens with zero attached hydrogens (tertiary/aromatic N) is 1. The van der Waals surface area contributed by atoms with Crippen LogP contribution in [0.4, 0.5) is 0 Å². The van der Waals surface area contributed by atoms with Gasteiger partial charge >= 0.3 is 0 Å². The first-order chi connectivity index (χ1) is 8.97. The van der Waals surface area contributed by atoms with Gasteiger partial charge in [0.25, 0.3) is 0 Å². The molecular weight excluding hydrogens is 264 g/mol. The Labute approximate surface area is 115 Å². The Morgan fingerprint density at radius 1 is 1.32 bits per heavy atom. The van der Waals surface area contributed by atoms with Crippen LogP contribution in [0.2, 0.25) is 0 Å². The lowest BCUT2D eigenvalue weighted by molar-refractivity contribution is 0.172. The quantitative estimate of drug-likeness (QED) is 0.750. The van der Waals surface area contributed by atoms with Crippen molar-refractivity contribution in [2.24, 2.45) is 0 Å². The van der Waals surface area contributed by atoms with Crippen LogP contribution in [-0.4, -0.2) is 36.4 Å². The van der Waals surface area contributed by atoms with Crippen molar-refractivity contribution in [1.29, 1.82) is 0 Å². The summed E-state index contributed by atoms with van der Waals surface area (Å²) in [5.74, 6) is -0.0221. The highest BCUT2D eigenvalue weighted by Gasteiger charge is 2.30. The summed E-state index contributed by atoms with van der Waals surface area (Å²) < 4.78 is 26.7. The lowest BCUT2D eigenvalue weighted by Gasteiger charge is -2.30. The zero-order valence-corrected chi connectivity index (χ0v) is 12.3. The lowest BCUT2D eigenvalue weighted by atomic mass is 9.96. The van der Waals surface area contributed by atoms with E-state index in [-0.39, 0.29) is 12.4 Å². The first-order valence-electron chi connectivity index (χ1n) is 6.49. The predicted molar refractivity (Wildman–Crippen MR) is 75.3 cm³/mol. The predicted octanol–water partition coefficient (Wildman–Crippen LogP) is 1.09. The second-order valence-corrected chi connectivity index (χ2v) is 6.48. The fraction of sp³-hybridized carbons (Fsp3) is 0.615. The Hall–Kier alpha value is -0.980. The summed E-state index contributed by atoms with van der Waals surface area (Å²) in [7, 11) is -3.42. The second-order valence-electron chi connectivity index (χ2n) is 4.64. The van der Waals surface area contributed by atoms with Crippen LogP contribution < -0.4 is 4.72 Å². The molecule has 108 valence electrons. The third kappa shape index (κ3) is 4.89. The van der Waals surface area contributed by atoms with Crippen LogP contribution in [0.5, 0.6) is 0 Å². The van der Waals surface area contributed by atoms with Crippen molar-refractivity contribution in [1.82, 2.24) is 9.71 Å². The van der Waals surface area contributed by atoms with Crippen LogP contribution in [0.15, 0.2) is 24.4 Å². The number of hydrogen-bond donors (Lipinski definition) is 2. The zero-order valence-electron chi connectivity index (χ0n) is 11.5. The fourth-order valence-corrected chi connectivity index (χ4v) is 3.41. The minimum Gasteiger partial charge on any atom is -0.394 e. The minimum absolute atomic E-state index is 0.0221. The lowest BCUT2D eigenvalue weighted by Crippen LogP contribution is -2.51. The van der Waals surface area contributed by atoms with E-state index >= 15 is 0 Å². The van der Waals surface area contributed by atoms with Gasteiger partial charge in [-0.1, -0.05) is 19.9 Å². The normalized spacial score (nSPS) is 12.6. The van der Waals surface area contributed by atoms with Crippen LogP contribution >= 0.6 is 0 Å². The van der Waals surface area contributed by atoms with E-state index in [1.54, 1.807) is 18.3 Å². The van der Waals surface area contributed by atoms with Crippen LogP contribution in [-0.2, 0) is 16.4 Å². The van der Waals surface area contributed by atoms with Gasteiger partial charge in [-0.2, -0.15) is 0 Å². The fourth-order valence-electron chi connectivity index (χ4n) is 1.82. The number of hydrogen-bond acceptors (Lipinski definition) is 4. The summed E-state index contributed by atoms with van der Waals surface area (Å²) in [6.07, 6.45) is 3.13. The van der Waals surface area contributed by atoms with Crippen LogP contribution in [0.25, 0.3) is 0 Å². The maximum Gasteiger partial charge on any atom is 0.212 e. The first kappa shape index (κ1) is 16.1. The molecule has 19 heavy (non-hydrogen) atoms. The average Bonchev–Trinajstić information content (AvgIpc) is 2.44. The van der Waals surface area contributed by atoms with Crippen molar-refractivity contribution >= 4 is 10.0 Å². The highest BCUT2D eigenvalue weighted by atomic mass is 32.2. The van der Waals surface area contributed by atoms with Crippen molar-refractivity contribution in [3.63, 3.8) is 0 Å². The van der Waals surface area contributed by atoms with Gasteiger partial charge in [-0.15, -0.1) is 0 Å². The van der Waals surface area contributed by atoms with Crippen LogP contribution in [0.1, 0.15) is 32.4 Å². The van der Waals surface area contributed by atoms with E-state index in [9.17, 15) is 13.5 Å². The Kier molecular flexibility index (Phi) is 5.90. The molecule has 1 heterocycles. The summed E-state index contributed by atoms with van der Waals surface area (Å²) in [5.41, 5.74) is -0.00127. The van der Waals surface area contributed by atoms with Gasteiger partial charge in [0.15, 0.2) is 0 Å². The first-order valence-corrected chi connectivity index (χ1v) is 8.14. The van der Waals surface area contributed by atoms with Crippen molar-refractivity contribution in [3.05, 3.63) is 30.1 Å². The Bertz CT molecular complexity index is 462. The molecule has 1 aromatic rings. The van der Waals surface area contributed by atoms with E-state index in [1.807, 2.05) is 19.9 Å². The minimum atomic E-state index is -3.42. The summed E-state index contributed by atoms with van der Waals surface area (Å²) in [5, 5.41) is 9.39. The van der Waals surface area contributed by atoms with E-state index in [0.29, 0.717) is 19.3 Å². The van der Waals surface area contributed by atoms with Crippen molar-refractivity contribution < 1.29 is 13.5 Å². The van der Waals surface area contributed by atoms with Crippen molar-refractivity contribution in [2.45, 2.75) is 38.6 Å². The van der Waals surface area contributed by atoms with E-state index < -0.39 is 15.6 Å². The van der Waals surface area contributed by atoms with Gasteiger partial charge in [0.05, 0.1) is 17.9 Å². The zero-order chi connectivity index (χ0) is 14.4. The van der Waals surface area contributed by atoms with Gasteiger partial charge in [-0.05, 0) is 25.0 Å². The number of rotatable bonds is 8. The largest absolute Gasteiger partial charge is 0.394 e. The molecular formula is C13H22N2O3S. The SMILES string of the molecule is CCC(CC)(CO)NS(=O)(=O)CCc1ccccn1. The molecule has 0 unspecified atom stereocenters. The number of pyridine rings is 1. The standard InChI is InChI=1S/C13H22N2O3S/c1-3-13(4-2,11-16)15-19(17,18)10-8-12-7-5-6-9-14-12/h5-7,9,15-16H,3-4,8,10-11H2,1-2H3. The second kappa shape index (κ2) is 6.98. The molecule has 0 atom stereocenters. The highest BCUT2D eigenvalue weighted by molar-refractivity contribution is 7.89. The monoisotopic (exact) mass is 286 g/mol. The average molecular weight is 286 g/mol. The molecule has 0 aliphatic heterocycles. The van der Waals surface area contributed by atoms with E-state index in [2.05, 4.69) is 9.71 Å². The third-order valence-electron chi connectivity index (χ3n) is 3.38. The summed E-state index contributed by atoms with van der Waals surface area (Å²) >= 11 is 0. The summed E-state index contributed by atoms with van der Waals surface area (Å²) in [4.78, 5) is 4.10. The number of aryl methyl sites for hydroxylation is 1. The molecule has 6 heteroatoms. The van der Waals surface area contributed by atoms with E-state index in [1.165, 1.54) is 0 Å². The number of aliphatic hydroxyl groups is 1. The number of aliphatic hydroxyl groups excluding tert-OH is 1. The van der Waals surface area contributed by atoms with E-state index in [4.69, 9.17) is 0 Å². The van der Waals surface area contributed by atoms with Gasteiger partial charge in [-0.3, -0.25) is 4.98 Å². The van der Waals surface area contributed by atoms with Gasteiger partial charge in [0, 0.05) is 18.3 Å². The van der Waals surface area contributed by atoms with Crippen LogP contribution in [0.3, 0.4) is 0 Å². The molecule has 0 bridgehead atoms. The molecule has 1 aromatic heterocycles. The molecule has 5 nitrogen and oxygen atoms in total. The highest BCUT2D eigenvalue weighted by Crippen LogP contribution is 2.16. The maximum absolute atomic E-state index is 12.0. The molecule has 0 fully saturated rings. The molecule has 0 radical (unpaired) electrons. The molecule has 0 amide bonds. The molecule has 0 spiro atoms. The van der Waals surface area contributed by atoms with Crippen molar-refractivity contribution in [3.8, 4) is 0 Å².